The molecule has 0 spiro atoms. The van der Waals surface area contributed by atoms with Crippen LogP contribution in [0.5, 0.6) is 0 Å². The number of nitrogens with zero attached hydrogens (tertiary/aromatic N) is 4. The summed E-state index contributed by atoms with van der Waals surface area (Å²) in [7, 11) is 0. The molecule has 0 radical (unpaired) electrons. The molecule has 31 heavy (non-hydrogen) atoms. The van der Waals surface area contributed by atoms with Crippen LogP contribution in [0.1, 0.15) is 23.3 Å². The molecule has 158 valence electrons. The van der Waals surface area contributed by atoms with Gasteiger partial charge in [-0.15, -0.1) is 17.9 Å². The van der Waals surface area contributed by atoms with Crippen LogP contribution in [-0.4, -0.2) is 27.8 Å². The first kappa shape index (κ1) is 21.3. The molecule has 2 heterocycles. The summed E-state index contributed by atoms with van der Waals surface area (Å²) in [4.78, 5) is 34.4. The highest BCUT2D eigenvalue weighted by atomic mass is 32.2. The van der Waals surface area contributed by atoms with Crippen molar-refractivity contribution in [3.63, 3.8) is 0 Å². The Hall–Kier alpha value is -2.89. The van der Waals surface area contributed by atoms with Crippen molar-refractivity contribution in [1.82, 2.24) is 9.55 Å². The van der Waals surface area contributed by atoms with Crippen LogP contribution in [0, 0.1) is 11.3 Å². The third-order valence-electron chi connectivity index (χ3n) is 5.27. The molecular formula is C23H22N4O2S2. The fourth-order valence-corrected chi connectivity index (χ4v) is 6.01. The number of aromatic nitrogens is 2. The van der Waals surface area contributed by atoms with Crippen LogP contribution < -0.4 is 10.5 Å². The number of carbonyl (C=O) groups is 1. The monoisotopic (exact) mass is 450 g/mol. The van der Waals surface area contributed by atoms with Crippen LogP contribution >= 0.6 is 23.1 Å². The first-order valence-electron chi connectivity index (χ1n) is 10.1. The van der Waals surface area contributed by atoms with Crippen LogP contribution in [-0.2, 0) is 24.2 Å². The van der Waals surface area contributed by atoms with Gasteiger partial charge in [0, 0.05) is 17.1 Å². The van der Waals surface area contributed by atoms with E-state index >= 15 is 0 Å². The molecule has 4 rings (SSSR count). The van der Waals surface area contributed by atoms with Gasteiger partial charge >= 0.3 is 0 Å². The Balaban J connectivity index is 1.65. The quantitative estimate of drug-likeness (QED) is 0.234. The molecule has 0 aliphatic heterocycles. The first-order valence-corrected chi connectivity index (χ1v) is 12.0. The Kier molecular flexibility index (Phi) is 6.54. The van der Waals surface area contributed by atoms with Crippen molar-refractivity contribution in [3.05, 3.63) is 63.8 Å². The van der Waals surface area contributed by atoms with Crippen LogP contribution in [0.25, 0.3) is 10.2 Å². The lowest BCUT2D eigenvalue weighted by Crippen LogP contribution is -2.33. The van der Waals surface area contributed by atoms with Crippen molar-refractivity contribution in [3.8, 4) is 6.07 Å². The number of rotatable bonds is 7. The second-order valence-electron chi connectivity index (χ2n) is 7.25. The van der Waals surface area contributed by atoms with E-state index < -0.39 is 0 Å². The van der Waals surface area contributed by atoms with Crippen molar-refractivity contribution in [1.29, 1.82) is 5.26 Å². The lowest BCUT2D eigenvalue weighted by atomic mass is 9.97. The van der Waals surface area contributed by atoms with Crippen LogP contribution in [0.2, 0.25) is 0 Å². The van der Waals surface area contributed by atoms with E-state index in [2.05, 4.69) is 12.6 Å². The number of carbonyl (C=O) groups excluding carboxylic acids is 1. The molecule has 3 aromatic rings. The summed E-state index contributed by atoms with van der Waals surface area (Å²) < 4.78 is 1.60. The van der Waals surface area contributed by atoms with Crippen LogP contribution in [0.3, 0.4) is 0 Å². The zero-order chi connectivity index (χ0) is 21.8. The Morgan fingerprint density at radius 1 is 1.32 bits per heavy atom. The summed E-state index contributed by atoms with van der Waals surface area (Å²) in [6.45, 7) is 4.08. The summed E-state index contributed by atoms with van der Waals surface area (Å²) >= 11 is 2.83. The van der Waals surface area contributed by atoms with Gasteiger partial charge in [-0.1, -0.05) is 36.0 Å². The van der Waals surface area contributed by atoms with Gasteiger partial charge in [-0.3, -0.25) is 19.1 Å². The van der Waals surface area contributed by atoms with E-state index in [-0.39, 0.29) is 23.8 Å². The summed E-state index contributed by atoms with van der Waals surface area (Å²) in [6.07, 6.45) is 5.83. The molecule has 1 amide bonds. The van der Waals surface area contributed by atoms with E-state index in [1.165, 1.54) is 21.5 Å². The van der Waals surface area contributed by atoms with E-state index in [1.807, 2.05) is 18.2 Å². The van der Waals surface area contributed by atoms with Crippen LogP contribution in [0.15, 0.2) is 52.9 Å². The van der Waals surface area contributed by atoms with Gasteiger partial charge in [0.15, 0.2) is 5.16 Å². The SMILES string of the molecule is C=CCn1c(SCC(=O)N(CC#N)c2ccccc2)nc2sc3c(c2c1=O)CCCC3. The van der Waals surface area contributed by atoms with E-state index in [0.29, 0.717) is 17.4 Å². The Bertz CT molecular complexity index is 1220. The third-order valence-corrected chi connectivity index (χ3v) is 7.42. The molecule has 0 bridgehead atoms. The number of para-hydroxylation sites is 1. The maximum absolute atomic E-state index is 13.3. The third kappa shape index (κ3) is 4.29. The van der Waals surface area contributed by atoms with E-state index in [4.69, 9.17) is 10.2 Å². The molecule has 0 saturated heterocycles. The number of thiophene rings is 1. The minimum atomic E-state index is -0.206. The highest BCUT2D eigenvalue weighted by Crippen LogP contribution is 2.34. The van der Waals surface area contributed by atoms with E-state index in [1.54, 1.807) is 34.1 Å². The fraction of sp³-hybridized carbons (Fsp3) is 0.304. The summed E-state index contributed by atoms with van der Waals surface area (Å²) in [5, 5.41) is 10.4. The van der Waals surface area contributed by atoms with Gasteiger partial charge < -0.3 is 0 Å². The summed E-state index contributed by atoms with van der Waals surface area (Å²) in [5.74, 6) is -0.126. The zero-order valence-electron chi connectivity index (χ0n) is 17.0. The number of aryl methyl sites for hydroxylation is 2. The van der Waals surface area contributed by atoms with Crippen molar-refractivity contribution in [2.24, 2.45) is 0 Å². The minimum absolute atomic E-state index is 0.0347. The van der Waals surface area contributed by atoms with E-state index in [9.17, 15) is 9.59 Å². The first-order chi connectivity index (χ1) is 15.1. The predicted octanol–water partition coefficient (Wildman–Crippen LogP) is 4.17. The molecule has 1 aromatic carbocycles. The molecule has 0 unspecified atom stereocenters. The number of hydrogen-bond donors (Lipinski definition) is 0. The summed E-state index contributed by atoms with van der Waals surface area (Å²) in [5.41, 5.74) is 1.77. The number of amides is 1. The maximum atomic E-state index is 13.3. The lowest BCUT2D eigenvalue weighted by Gasteiger charge is -2.19. The smallest absolute Gasteiger partial charge is 0.263 e. The second-order valence-corrected chi connectivity index (χ2v) is 9.28. The lowest BCUT2D eigenvalue weighted by molar-refractivity contribution is -0.116. The molecule has 1 aliphatic rings. The van der Waals surface area contributed by atoms with Gasteiger partial charge in [-0.25, -0.2) is 4.98 Å². The highest BCUT2D eigenvalue weighted by Gasteiger charge is 2.23. The van der Waals surface area contributed by atoms with Gasteiger partial charge in [0.05, 0.1) is 17.2 Å². The number of allylic oxidation sites excluding steroid dienone is 1. The average molecular weight is 451 g/mol. The largest absolute Gasteiger partial charge is 0.298 e. The Morgan fingerprint density at radius 3 is 2.84 bits per heavy atom. The van der Waals surface area contributed by atoms with Gasteiger partial charge in [0.1, 0.15) is 11.4 Å². The molecule has 2 aromatic heterocycles. The van der Waals surface area contributed by atoms with Gasteiger partial charge in [0.2, 0.25) is 5.91 Å². The Labute approximate surface area is 188 Å². The maximum Gasteiger partial charge on any atom is 0.263 e. The number of hydrogen-bond acceptors (Lipinski definition) is 6. The zero-order valence-corrected chi connectivity index (χ0v) is 18.7. The van der Waals surface area contributed by atoms with E-state index in [0.717, 1.165) is 41.5 Å². The molecule has 8 heteroatoms. The predicted molar refractivity (Wildman–Crippen MR) is 126 cm³/mol. The average Bonchev–Trinajstić information content (AvgIpc) is 3.17. The standard InChI is InChI=1S/C23H22N4O2S2/c1-2-13-27-22(29)20-17-10-6-7-11-18(17)31-21(20)25-23(27)30-15-19(28)26(14-12-24)16-8-4-3-5-9-16/h2-5,8-9H,1,6-7,10-11,13-15H2. The van der Waals surface area contributed by atoms with Crippen molar-refractivity contribution in [2.45, 2.75) is 37.4 Å². The molecule has 0 atom stereocenters. The Morgan fingerprint density at radius 2 is 2.10 bits per heavy atom. The minimum Gasteiger partial charge on any atom is -0.298 e. The molecule has 0 saturated carbocycles. The van der Waals surface area contributed by atoms with Crippen LogP contribution in [0.4, 0.5) is 5.69 Å². The van der Waals surface area contributed by atoms with Gasteiger partial charge in [-0.05, 0) is 43.4 Å². The molecular weight excluding hydrogens is 428 g/mol. The number of nitriles is 1. The molecule has 6 nitrogen and oxygen atoms in total. The second kappa shape index (κ2) is 9.50. The van der Waals surface area contributed by atoms with Gasteiger partial charge in [0.25, 0.3) is 5.56 Å². The number of thioether (sulfide) groups is 1. The van der Waals surface area contributed by atoms with Crippen molar-refractivity contribution >= 4 is 44.9 Å². The number of anilines is 1. The van der Waals surface area contributed by atoms with Crippen molar-refractivity contribution in [2.75, 3.05) is 17.2 Å². The highest BCUT2D eigenvalue weighted by molar-refractivity contribution is 7.99. The molecule has 1 aliphatic carbocycles. The van der Waals surface area contributed by atoms with Gasteiger partial charge in [-0.2, -0.15) is 5.26 Å². The normalized spacial score (nSPS) is 12.9. The number of fused-ring (bicyclic) bond motifs is 3. The molecule has 0 N–H and O–H groups in total. The van der Waals surface area contributed by atoms with Crippen molar-refractivity contribution < 1.29 is 4.79 Å². The fourth-order valence-electron chi connectivity index (χ4n) is 3.83. The molecule has 0 fully saturated rings. The topological polar surface area (TPSA) is 79.0 Å². The number of benzene rings is 1. The summed E-state index contributed by atoms with van der Waals surface area (Å²) in [6, 6.07) is 11.2.